The number of methoxy groups -OCH3 is 1. The second-order valence-electron chi connectivity index (χ2n) is 6.02. The number of carbonyl (C=O) groups is 3. The molecule has 1 aromatic heterocycles. The molecular weight excluding hydrogens is 412 g/mol. The highest BCUT2D eigenvalue weighted by Crippen LogP contribution is 2.31. The van der Waals surface area contributed by atoms with Crippen LogP contribution in [0.3, 0.4) is 0 Å². The Morgan fingerprint density at radius 1 is 1.07 bits per heavy atom. The summed E-state index contributed by atoms with van der Waals surface area (Å²) in [6.07, 6.45) is 0. The van der Waals surface area contributed by atoms with E-state index in [1.54, 1.807) is 36.4 Å². The average molecular weight is 426 g/mol. The third-order valence-corrected chi connectivity index (χ3v) is 5.77. The summed E-state index contributed by atoms with van der Waals surface area (Å²) in [4.78, 5) is 37.8. The molecule has 0 saturated heterocycles. The molecule has 0 unspecified atom stereocenters. The maximum Gasteiger partial charge on any atom is 0.284 e. The minimum atomic E-state index is -0.707. The van der Waals surface area contributed by atoms with E-state index in [2.05, 4.69) is 5.43 Å². The van der Waals surface area contributed by atoms with Crippen LogP contribution >= 0.6 is 23.6 Å². The summed E-state index contributed by atoms with van der Waals surface area (Å²) in [5.74, 6) is -1.31. The van der Waals surface area contributed by atoms with Gasteiger partial charge < -0.3 is 10.5 Å². The molecule has 10 heteroatoms. The standard InChI is InChI=1S/C19H14N4O4S2/c1-27-13-9-5-4-8-12(13)22-15(20)14(29-19(22)28)16(24)21-23-17(25)10-6-2-3-7-11(10)18(23)26/h2-9H,20H2,1H3,(H,21,24). The van der Waals surface area contributed by atoms with Crippen molar-refractivity contribution in [3.05, 3.63) is 68.5 Å². The molecule has 2 aromatic carbocycles. The normalized spacial score (nSPS) is 12.8. The van der Waals surface area contributed by atoms with Gasteiger partial charge in [-0.3, -0.25) is 24.4 Å². The molecular formula is C19H14N4O4S2. The third-order valence-electron chi connectivity index (χ3n) is 4.39. The molecule has 0 radical (unpaired) electrons. The quantitative estimate of drug-likeness (QED) is 0.491. The van der Waals surface area contributed by atoms with Crippen LogP contribution < -0.4 is 15.9 Å². The van der Waals surface area contributed by atoms with Gasteiger partial charge in [0.15, 0.2) is 3.95 Å². The molecule has 3 amide bonds. The first-order valence-corrected chi connectivity index (χ1v) is 9.60. The van der Waals surface area contributed by atoms with Crippen molar-refractivity contribution in [2.45, 2.75) is 0 Å². The van der Waals surface area contributed by atoms with E-state index in [1.165, 1.54) is 23.8 Å². The summed E-state index contributed by atoms with van der Waals surface area (Å²) in [5, 5.41) is 0.683. The molecule has 1 aliphatic heterocycles. The lowest BCUT2D eigenvalue weighted by Crippen LogP contribution is -2.45. The molecule has 4 rings (SSSR count). The third kappa shape index (κ3) is 2.98. The first-order valence-electron chi connectivity index (χ1n) is 8.37. The topological polar surface area (TPSA) is 107 Å². The van der Waals surface area contributed by atoms with Crippen molar-refractivity contribution < 1.29 is 19.1 Å². The molecule has 0 spiro atoms. The van der Waals surface area contributed by atoms with Gasteiger partial charge in [0.05, 0.1) is 23.9 Å². The van der Waals surface area contributed by atoms with Gasteiger partial charge in [0.25, 0.3) is 17.7 Å². The van der Waals surface area contributed by atoms with Gasteiger partial charge in [0, 0.05) is 0 Å². The molecule has 0 atom stereocenters. The predicted octanol–water partition coefficient (Wildman–Crippen LogP) is 2.80. The van der Waals surface area contributed by atoms with Gasteiger partial charge in [0.2, 0.25) is 0 Å². The van der Waals surface area contributed by atoms with Crippen LogP contribution in [0.15, 0.2) is 48.5 Å². The van der Waals surface area contributed by atoms with Crippen molar-refractivity contribution in [3.63, 3.8) is 0 Å². The molecule has 0 saturated carbocycles. The maximum atomic E-state index is 12.8. The van der Waals surface area contributed by atoms with Crippen LogP contribution in [0.5, 0.6) is 5.75 Å². The Labute approximate surface area is 174 Å². The Hall–Kier alpha value is -3.50. The highest BCUT2D eigenvalue weighted by molar-refractivity contribution is 7.73. The van der Waals surface area contributed by atoms with Crippen molar-refractivity contribution in [3.8, 4) is 11.4 Å². The number of para-hydroxylation sites is 2. The Kier molecular flexibility index (Phi) is 4.65. The van der Waals surface area contributed by atoms with Gasteiger partial charge in [0.1, 0.15) is 16.4 Å². The number of hydrogen-bond acceptors (Lipinski definition) is 7. The van der Waals surface area contributed by atoms with Gasteiger partial charge >= 0.3 is 0 Å². The van der Waals surface area contributed by atoms with Crippen LogP contribution in [0, 0.1) is 3.95 Å². The van der Waals surface area contributed by atoms with Crippen molar-refractivity contribution in [1.82, 2.24) is 15.0 Å². The first-order chi connectivity index (χ1) is 13.9. The van der Waals surface area contributed by atoms with Crippen LogP contribution in [0.4, 0.5) is 5.82 Å². The predicted molar refractivity (Wildman–Crippen MR) is 110 cm³/mol. The molecule has 1 aliphatic rings. The fourth-order valence-electron chi connectivity index (χ4n) is 3.03. The zero-order valence-electron chi connectivity index (χ0n) is 15.0. The van der Waals surface area contributed by atoms with E-state index < -0.39 is 17.7 Å². The highest BCUT2D eigenvalue weighted by Gasteiger charge is 2.37. The summed E-state index contributed by atoms with van der Waals surface area (Å²) in [6, 6.07) is 13.4. The second-order valence-corrected chi connectivity index (χ2v) is 7.67. The highest BCUT2D eigenvalue weighted by atomic mass is 32.1. The lowest BCUT2D eigenvalue weighted by molar-refractivity contribution is 0.0519. The van der Waals surface area contributed by atoms with Gasteiger partial charge in [-0.2, -0.15) is 5.01 Å². The number of thiazole rings is 1. The van der Waals surface area contributed by atoms with E-state index in [-0.39, 0.29) is 21.8 Å². The van der Waals surface area contributed by atoms with Crippen LogP contribution in [-0.4, -0.2) is 34.4 Å². The first kappa shape index (κ1) is 18.8. The number of hydrazine groups is 1. The van der Waals surface area contributed by atoms with E-state index in [9.17, 15) is 14.4 Å². The second kappa shape index (κ2) is 7.15. The van der Waals surface area contributed by atoms with Crippen LogP contribution in [0.2, 0.25) is 0 Å². The van der Waals surface area contributed by atoms with E-state index in [0.29, 0.717) is 20.4 Å². The number of ether oxygens (including phenoxy) is 1. The number of carbonyl (C=O) groups excluding carboxylic acids is 3. The lowest BCUT2D eigenvalue weighted by atomic mass is 10.1. The Balaban J connectivity index is 1.67. The SMILES string of the molecule is COc1ccccc1-n1c(N)c(C(=O)NN2C(=O)c3ccccc3C2=O)sc1=S. The van der Waals surface area contributed by atoms with Gasteiger partial charge in [-0.05, 0) is 36.5 Å². The summed E-state index contributed by atoms with van der Waals surface area (Å²) in [6.45, 7) is 0. The van der Waals surface area contributed by atoms with Crippen molar-refractivity contribution >= 4 is 47.1 Å². The number of anilines is 1. The monoisotopic (exact) mass is 426 g/mol. The number of nitrogens with zero attached hydrogens (tertiary/aromatic N) is 2. The molecule has 29 heavy (non-hydrogen) atoms. The number of hydrogen-bond donors (Lipinski definition) is 2. The molecule has 0 fully saturated rings. The van der Waals surface area contributed by atoms with E-state index >= 15 is 0 Å². The van der Waals surface area contributed by atoms with Crippen LogP contribution in [0.25, 0.3) is 5.69 Å². The zero-order chi connectivity index (χ0) is 20.7. The molecule has 3 aromatic rings. The number of benzene rings is 2. The minimum absolute atomic E-state index is 0.0810. The average Bonchev–Trinajstić information content (AvgIpc) is 3.16. The molecule has 8 nitrogen and oxygen atoms in total. The van der Waals surface area contributed by atoms with Crippen LogP contribution in [-0.2, 0) is 0 Å². The van der Waals surface area contributed by atoms with Crippen molar-refractivity contribution in [1.29, 1.82) is 0 Å². The fourth-order valence-corrected chi connectivity index (χ4v) is 4.28. The summed E-state index contributed by atoms with van der Waals surface area (Å²) in [5.41, 5.74) is 9.56. The summed E-state index contributed by atoms with van der Waals surface area (Å²) >= 11 is 6.34. The Morgan fingerprint density at radius 2 is 1.66 bits per heavy atom. The number of nitrogens with one attached hydrogen (secondary N) is 1. The Bertz CT molecular complexity index is 1200. The van der Waals surface area contributed by atoms with E-state index in [0.717, 1.165) is 11.3 Å². The molecule has 3 N–H and O–H groups in total. The number of rotatable bonds is 4. The number of imide groups is 1. The number of aromatic nitrogens is 1. The van der Waals surface area contributed by atoms with Crippen LogP contribution in [0.1, 0.15) is 30.4 Å². The van der Waals surface area contributed by atoms with E-state index in [1.807, 2.05) is 0 Å². The largest absolute Gasteiger partial charge is 0.495 e. The number of fused-ring (bicyclic) bond motifs is 1. The minimum Gasteiger partial charge on any atom is -0.495 e. The van der Waals surface area contributed by atoms with Crippen molar-refractivity contribution in [2.75, 3.05) is 12.8 Å². The smallest absolute Gasteiger partial charge is 0.284 e. The molecule has 2 heterocycles. The van der Waals surface area contributed by atoms with Gasteiger partial charge in [-0.1, -0.05) is 35.6 Å². The van der Waals surface area contributed by atoms with Crippen molar-refractivity contribution in [2.24, 2.45) is 0 Å². The number of nitrogen functional groups attached to an aromatic ring is 1. The fraction of sp³-hybridized carbons (Fsp3) is 0.0526. The Morgan fingerprint density at radius 3 is 2.28 bits per heavy atom. The number of nitrogens with two attached hydrogens (primary N) is 1. The maximum absolute atomic E-state index is 12.8. The molecule has 0 bridgehead atoms. The summed E-state index contributed by atoms with van der Waals surface area (Å²) < 4.78 is 7.16. The zero-order valence-corrected chi connectivity index (χ0v) is 16.7. The van der Waals surface area contributed by atoms with E-state index in [4.69, 9.17) is 22.7 Å². The molecule has 146 valence electrons. The van der Waals surface area contributed by atoms with Gasteiger partial charge in [-0.15, -0.1) is 0 Å². The molecule has 0 aliphatic carbocycles. The van der Waals surface area contributed by atoms with Gasteiger partial charge in [-0.25, -0.2) is 0 Å². The number of amides is 3. The summed E-state index contributed by atoms with van der Waals surface area (Å²) in [7, 11) is 1.51. The lowest BCUT2D eigenvalue weighted by Gasteiger charge is -2.15.